The van der Waals surface area contributed by atoms with E-state index < -0.39 is 0 Å². The predicted molar refractivity (Wildman–Crippen MR) is 97.3 cm³/mol. The average molecular weight is 422 g/mol. The third kappa shape index (κ3) is 5.10. The minimum atomic E-state index is -0.0466. The highest BCUT2D eigenvalue weighted by Gasteiger charge is 2.25. The van der Waals surface area contributed by atoms with Crippen LogP contribution < -0.4 is 5.32 Å². The number of guanidine groups is 1. The quantitative estimate of drug-likeness (QED) is 0.324. The molecular formula is C15H27IN4O2. The number of nitrogens with one attached hydrogen (secondary N) is 1. The molecule has 6 nitrogen and oxygen atoms in total. The summed E-state index contributed by atoms with van der Waals surface area (Å²) in [6.45, 7) is 5.28. The molecule has 2 heterocycles. The van der Waals surface area contributed by atoms with Gasteiger partial charge < -0.3 is 10.2 Å². The number of aliphatic imine (C=N–C) groups is 1. The molecular weight excluding hydrogens is 395 g/mol. The zero-order chi connectivity index (χ0) is 15.2. The van der Waals surface area contributed by atoms with Crippen molar-refractivity contribution in [1.82, 2.24) is 15.1 Å². The van der Waals surface area contributed by atoms with E-state index in [1.54, 1.807) is 7.05 Å². The van der Waals surface area contributed by atoms with E-state index in [2.05, 4.69) is 22.1 Å². The number of hydrogen-bond acceptors (Lipinski definition) is 3. The minimum absolute atomic E-state index is 0. The van der Waals surface area contributed by atoms with Crippen molar-refractivity contribution in [2.45, 2.75) is 39.0 Å². The number of piperidine rings is 2. The Morgan fingerprint density at radius 3 is 2.55 bits per heavy atom. The fourth-order valence-electron chi connectivity index (χ4n) is 3.04. The lowest BCUT2D eigenvalue weighted by Crippen LogP contribution is -2.49. The number of nitrogens with zero attached hydrogens (tertiary/aromatic N) is 3. The molecule has 2 aliphatic heterocycles. The summed E-state index contributed by atoms with van der Waals surface area (Å²) >= 11 is 0. The van der Waals surface area contributed by atoms with Gasteiger partial charge in [0.25, 0.3) is 0 Å². The lowest BCUT2D eigenvalue weighted by Gasteiger charge is -2.34. The molecule has 22 heavy (non-hydrogen) atoms. The van der Waals surface area contributed by atoms with Gasteiger partial charge in [-0.25, -0.2) is 0 Å². The second-order valence-corrected chi connectivity index (χ2v) is 5.96. The van der Waals surface area contributed by atoms with E-state index in [1.807, 2.05) is 0 Å². The van der Waals surface area contributed by atoms with Crippen molar-refractivity contribution >= 4 is 41.8 Å². The Kier molecular flexibility index (Phi) is 8.13. The van der Waals surface area contributed by atoms with Crippen LogP contribution in [0.25, 0.3) is 0 Å². The van der Waals surface area contributed by atoms with Gasteiger partial charge in [-0.3, -0.25) is 19.5 Å². The molecule has 2 fully saturated rings. The molecule has 1 N–H and O–H groups in total. The Bertz CT molecular complexity index is 412. The van der Waals surface area contributed by atoms with Crippen molar-refractivity contribution in [3.63, 3.8) is 0 Å². The Morgan fingerprint density at radius 1 is 1.27 bits per heavy atom. The fourth-order valence-corrected chi connectivity index (χ4v) is 3.04. The van der Waals surface area contributed by atoms with Crippen LogP contribution in [0.4, 0.5) is 0 Å². The van der Waals surface area contributed by atoms with Gasteiger partial charge in [0, 0.05) is 46.1 Å². The van der Waals surface area contributed by atoms with E-state index in [4.69, 9.17) is 0 Å². The maximum Gasteiger partial charge on any atom is 0.229 e. The van der Waals surface area contributed by atoms with E-state index in [1.165, 1.54) is 17.7 Å². The Balaban J connectivity index is 0.00000242. The minimum Gasteiger partial charge on any atom is -0.354 e. The topological polar surface area (TPSA) is 65.0 Å². The zero-order valence-electron chi connectivity index (χ0n) is 13.5. The highest BCUT2D eigenvalue weighted by molar-refractivity contribution is 14.0. The molecule has 126 valence electrons. The van der Waals surface area contributed by atoms with Crippen molar-refractivity contribution in [1.29, 1.82) is 0 Å². The lowest BCUT2D eigenvalue weighted by atomic mass is 10.0. The molecule has 0 aromatic rings. The van der Waals surface area contributed by atoms with Crippen molar-refractivity contribution in [2.24, 2.45) is 10.9 Å². The largest absolute Gasteiger partial charge is 0.354 e. The molecule has 1 atom stereocenters. The van der Waals surface area contributed by atoms with Gasteiger partial charge in [-0.15, -0.1) is 24.0 Å². The highest BCUT2D eigenvalue weighted by atomic mass is 127. The summed E-state index contributed by atoms with van der Waals surface area (Å²) in [5.41, 5.74) is 0. The summed E-state index contributed by atoms with van der Waals surface area (Å²) in [5, 5.41) is 3.28. The van der Waals surface area contributed by atoms with Gasteiger partial charge in [0.15, 0.2) is 5.96 Å². The Morgan fingerprint density at radius 2 is 1.95 bits per heavy atom. The van der Waals surface area contributed by atoms with Gasteiger partial charge in [0.05, 0.1) is 0 Å². The number of likely N-dealkylation sites (tertiary alicyclic amines) is 2. The van der Waals surface area contributed by atoms with Gasteiger partial charge >= 0.3 is 0 Å². The molecule has 0 saturated carbocycles. The first-order valence-electron chi connectivity index (χ1n) is 7.90. The number of halogens is 1. The molecule has 0 aromatic carbocycles. The van der Waals surface area contributed by atoms with E-state index >= 15 is 0 Å². The summed E-state index contributed by atoms with van der Waals surface area (Å²) < 4.78 is 0. The monoisotopic (exact) mass is 422 g/mol. The van der Waals surface area contributed by atoms with Crippen LogP contribution in [0, 0.1) is 5.92 Å². The van der Waals surface area contributed by atoms with Gasteiger partial charge in [-0.2, -0.15) is 0 Å². The molecule has 2 rings (SSSR count). The molecule has 7 heteroatoms. The SMILES string of the molecule is CN=C(NCCN1C(=O)CCCC1=O)N1CCCC(C)C1.I. The first kappa shape index (κ1) is 19.2. The van der Waals surface area contributed by atoms with Crippen LogP contribution in [0.5, 0.6) is 0 Å². The first-order valence-corrected chi connectivity index (χ1v) is 7.90. The lowest BCUT2D eigenvalue weighted by molar-refractivity contribution is -0.147. The highest BCUT2D eigenvalue weighted by Crippen LogP contribution is 2.15. The number of carbonyl (C=O) groups is 2. The summed E-state index contributed by atoms with van der Waals surface area (Å²) in [6, 6.07) is 0. The summed E-state index contributed by atoms with van der Waals surface area (Å²) in [5.74, 6) is 1.46. The third-order valence-electron chi connectivity index (χ3n) is 4.17. The van der Waals surface area contributed by atoms with Gasteiger partial charge in [0.2, 0.25) is 11.8 Å². The second kappa shape index (κ2) is 9.32. The molecule has 0 spiro atoms. The summed E-state index contributed by atoms with van der Waals surface area (Å²) in [4.78, 5) is 31.4. The molecule has 0 radical (unpaired) electrons. The van der Waals surface area contributed by atoms with E-state index in [0.29, 0.717) is 38.3 Å². The van der Waals surface area contributed by atoms with Crippen LogP contribution in [0.15, 0.2) is 4.99 Å². The standard InChI is InChI=1S/C15H26N4O2.HI/c1-12-5-4-9-18(11-12)15(16-2)17-8-10-19-13(20)6-3-7-14(19)21;/h12H,3-11H2,1-2H3,(H,16,17);1H. The van der Waals surface area contributed by atoms with Crippen molar-refractivity contribution in [2.75, 3.05) is 33.2 Å². The van der Waals surface area contributed by atoms with Crippen LogP contribution in [0.3, 0.4) is 0 Å². The molecule has 2 aliphatic rings. The average Bonchev–Trinajstić information content (AvgIpc) is 2.46. The Labute approximate surface area is 149 Å². The predicted octanol–water partition coefficient (Wildman–Crippen LogP) is 1.45. The maximum atomic E-state index is 11.7. The van der Waals surface area contributed by atoms with Crippen molar-refractivity contribution in [3.05, 3.63) is 0 Å². The molecule has 2 saturated heterocycles. The maximum absolute atomic E-state index is 11.7. The van der Waals surface area contributed by atoms with Gasteiger partial charge in [-0.1, -0.05) is 6.92 Å². The van der Waals surface area contributed by atoms with E-state index in [-0.39, 0.29) is 35.8 Å². The number of imide groups is 1. The number of amides is 2. The summed E-state index contributed by atoms with van der Waals surface area (Å²) in [7, 11) is 1.78. The van der Waals surface area contributed by atoms with E-state index in [0.717, 1.165) is 19.0 Å². The molecule has 0 aromatic heterocycles. The second-order valence-electron chi connectivity index (χ2n) is 5.96. The van der Waals surface area contributed by atoms with Crippen LogP contribution in [0.1, 0.15) is 39.0 Å². The van der Waals surface area contributed by atoms with E-state index in [9.17, 15) is 9.59 Å². The van der Waals surface area contributed by atoms with Crippen molar-refractivity contribution in [3.8, 4) is 0 Å². The fraction of sp³-hybridized carbons (Fsp3) is 0.800. The summed E-state index contributed by atoms with van der Waals surface area (Å²) in [6.07, 6.45) is 4.12. The smallest absolute Gasteiger partial charge is 0.229 e. The van der Waals surface area contributed by atoms with Gasteiger partial charge in [0.1, 0.15) is 0 Å². The number of hydrogen-bond donors (Lipinski definition) is 1. The number of rotatable bonds is 3. The zero-order valence-corrected chi connectivity index (χ0v) is 15.8. The molecule has 0 bridgehead atoms. The van der Waals surface area contributed by atoms with Crippen LogP contribution in [-0.2, 0) is 9.59 Å². The van der Waals surface area contributed by atoms with Crippen LogP contribution in [-0.4, -0.2) is 60.8 Å². The molecule has 0 aliphatic carbocycles. The van der Waals surface area contributed by atoms with Gasteiger partial charge in [-0.05, 0) is 25.2 Å². The number of carbonyl (C=O) groups excluding carboxylic acids is 2. The third-order valence-corrected chi connectivity index (χ3v) is 4.17. The van der Waals surface area contributed by atoms with Crippen LogP contribution >= 0.6 is 24.0 Å². The van der Waals surface area contributed by atoms with Crippen molar-refractivity contribution < 1.29 is 9.59 Å². The normalized spacial score (nSPS) is 23.4. The first-order chi connectivity index (χ1) is 10.1. The Hall–Kier alpha value is -0.860. The molecule has 2 amide bonds. The van der Waals surface area contributed by atoms with Crippen LogP contribution in [0.2, 0.25) is 0 Å². The molecule has 1 unspecified atom stereocenters.